The molecule has 1 amide bonds. The van der Waals surface area contributed by atoms with Gasteiger partial charge in [-0.1, -0.05) is 0 Å². The van der Waals surface area contributed by atoms with E-state index < -0.39 is 6.09 Å². The second kappa shape index (κ2) is 4.81. The molecular weight excluding hydrogens is 170 g/mol. The van der Waals surface area contributed by atoms with E-state index >= 15 is 0 Å². The number of ether oxygens (including phenoxy) is 1. The zero-order valence-electron chi connectivity index (χ0n) is 8.04. The Morgan fingerprint density at radius 2 is 2.54 bits per heavy atom. The lowest BCUT2D eigenvalue weighted by Crippen LogP contribution is -2.21. The van der Waals surface area contributed by atoms with Crippen LogP contribution in [-0.2, 0) is 4.74 Å². The Kier molecular flexibility index (Phi) is 3.70. The second-order valence-corrected chi connectivity index (χ2v) is 3.00. The van der Waals surface area contributed by atoms with Gasteiger partial charge in [0, 0.05) is 19.5 Å². The maximum absolute atomic E-state index is 10.8. The molecule has 1 aliphatic heterocycles. The van der Waals surface area contributed by atoms with Gasteiger partial charge in [-0.3, -0.25) is 0 Å². The Labute approximate surface area is 77.7 Å². The Bertz CT molecular complexity index is 215. The lowest BCUT2D eigenvalue weighted by Gasteiger charge is -2.02. The first-order valence-electron chi connectivity index (χ1n) is 4.39. The van der Waals surface area contributed by atoms with Crippen molar-refractivity contribution in [3.05, 3.63) is 0 Å². The number of hydrogen-bond acceptors (Lipinski definition) is 4. The molecular formula is C8H15N3O2. The van der Waals surface area contributed by atoms with Crippen LogP contribution in [0.2, 0.25) is 0 Å². The summed E-state index contributed by atoms with van der Waals surface area (Å²) < 4.78 is 4.66. The molecule has 1 saturated heterocycles. The average molecular weight is 185 g/mol. The average Bonchev–Trinajstić information content (AvgIpc) is 2.49. The van der Waals surface area contributed by atoms with Gasteiger partial charge in [-0.25, -0.2) is 10.2 Å². The van der Waals surface area contributed by atoms with Crippen LogP contribution in [0.1, 0.15) is 13.3 Å². The van der Waals surface area contributed by atoms with Gasteiger partial charge < -0.3 is 9.64 Å². The summed E-state index contributed by atoms with van der Waals surface area (Å²) in [5.41, 5.74) is 3.34. The summed E-state index contributed by atoms with van der Waals surface area (Å²) in [7, 11) is 2.02. The molecule has 1 rings (SSSR count). The van der Waals surface area contributed by atoms with Crippen LogP contribution in [0.15, 0.2) is 5.10 Å². The Morgan fingerprint density at radius 3 is 3.08 bits per heavy atom. The van der Waals surface area contributed by atoms with Gasteiger partial charge >= 0.3 is 6.09 Å². The van der Waals surface area contributed by atoms with Crippen molar-refractivity contribution in [2.24, 2.45) is 5.10 Å². The fourth-order valence-electron chi connectivity index (χ4n) is 1.17. The van der Waals surface area contributed by atoms with Crippen molar-refractivity contribution < 1.29 is 9.53 Å². The van der Waals surface area contributed by atoms with Gasteiger partial charge in [-0.15, -0.1) is 0 Å². The third-order valence-electron chi connectivity index (χ3n) is 1.82. The SMILES string of the molecule is CCOC(=O)N/N=C1/CCN(C)C1. The molecule has 0 aromatic rings. The molecule has 5 nitrogen and oxygen atoms in total. The highest BCUT2D eigenvalue weighted by Crippen LogP contribution is 2.01. The molecule has 1 heterocycles. The Hall–Kier alpha value is -1.10. The van der Waals surface area contributed by atoms with E-state index in [-0.39, 0.29) is 0 Å². The summed E-state index contributed by atoms with van der Waals surface area (Å²) in [5.74, 6) is 0. The maximum Gasteiger partial charge on any atom is 0.427 e. The molecule has 0 unspecified atom stereocenters. The molecule has 1 aliphatic rings. The van der Waals surface area contributed by atoms with Gasteiger partial charge in [0.2, 0.25) is 0 Å². The first-order valence-corrected chi connectivity index (χ1v) is 4.39. The predicted octanol–water partition coefficient (Wildman–Crippen LogP) is 0.424. The van der Waals surface area contributed by atoms with Crippen molar-refractivity contribution >= 4 is 11.8 Å². The first-order chi connectivity index (χ1) is 6.22. The van der Waals surface area contributed by atoms with Crippen molar-refractivity contribution in [3.8, 4) is 0 Å². The van der Waals surface area contributed by atoms with E-state index in [1.54, 1.807) is 6.92 Å². The number of amides is 1. The highest BCUT2D eigenvalue weighted by atomic mass is 16.5. The van der Waals surface area contributed by atoms with Crippen LogP contribution in [0.4, 0.5) is 4.79 Å². The summed E-state index contributed by atoms with van der Waals surface area (Å²) in [4.78, 5) is 13.0. The molecule has 0 aromatic carbocycles. The summed E-state index contributed by atoms with van der Waals surface area (Å²) in [6.07, 6.45) is 0.438. The van der Waals surface area contributed by atoms with Crippen LogP contribution >= 0.6 is 0 Å². The van der Waals surface area contributed by atoms with Crippen LogP contribution in [0, 0.1) is 0 Å². The summed E-state index contributed by atoms with van der Waals surface area (Å²) in [5, 5.41) is 3.94. The number of carbonyl (C=O) groups is 1. The maximum atomic E-state index is 10.8. The molecule has 0 atom stereocenters. The van der Waals surface area contributed by atoms with E-state index in [4.69, 9.17) is 0 Å². The van der Waals surface area contributed by atoms with Crippen molar-refractivity contribution in [3.63, 3.8) is 0 Å². The monoisotopic (exact) mass is 185 g/mol. The van der Waals surface area contributed by atoms with Crippen LogP contribution in [0.3, 0.4) is 0 Å². The van der Waals surface area contributed by atoms with E-state index in [2.05, 4.69) is 20.2 Å². The van der Waals surface area contributed by atoms with Gasteiger partial charge in [0.05, 0.1) is 12.3 Å². The minimum Gasteiger partial charge on any atom is -0.449 e. The van der Waals surface area contributed by atoms with Gasteiger partial charge in [0.25, 0.3) is 0 Å². The summed E-state index contributed by atoms with van der Waals surface area (Å²) >= 11 is 0. The van der Waals surface area contributed by atoms with Crippen LogP contribution < -0.4 is 5.43 Å². The molecule has 74 valence electrons. The fraction of sp³-hybridized carbons (Fsp3) is 0.750. The zero-order valence-corrected chi connectivity index (χ0v) is 8.04. The molecule has 0 spiro atoms. The molecule has 0 aliphatic carbocycles. The van der Waals surface area contributed by atoms with E-state index in [0.29, 0.717) is 6.61 Å². The Balaban J connectivity index is 2.27. The number of nitrogens with zero attached hydrogens (tertiary/aromatic N) is 2. The first kappa shape index (κ1) is 9.98. The summed E-state index contributed by atoms with van der Waals surface area (Å²) in [6.45, 7) is 3.96. The van der Waals surface area contributed by atoms with Crippen molar-refractivity contribution in [2.45, 2.75) is 13.3 Å². The zero-order chi connectivity index (χ0) is 9.68. The number of hydrazone groups is 1. The van der Waals surface area contributed by atoms with E-state index in [9.17, 15) is 4.79 Å². The molecule has 0 saturated carbocycles. The minimum absolute atomic E-state index is 0.372. The molecule has 1 fully saturated rings. The van der Waals surface area contributed by atoms with Gasteiger partial charge in [0.1, 0.15) is 0 Å². The van der Waals surface area contributed by atoms with Gasteiger partial charge in [0.15, 0.2) is 0 Å². The van der Waals surface area contributed by atoms with E-state index in [0.717, 1.165) is 25.2 Å². The number of rotatable bonds is 2. The minimum atomic E-state index is -0.482. The standard InChI is InChI=1S/C8H15N3O2/c1-3-13-8(12)10-9-7-4-5-11(2)6-7/h3-6H2,1-2H3,(H,10,12)/b9-7-. The normalized spacial score (nSPS) is 20.6. The molecule has 13 heavy (non-hydrogen) atoms. The van der Waals surface area contributed by atoms with Gasteiger partial charge in [-0.05, 0) is 14.0 Å². The smallest absolute Gasteiger partial charge is 0.427 e. The fourth-order valence-corrected chi connectivity index (χ4v) is 1.17. The molecule has 5 heteroatoms. The lowest BCUT2D eigenvalue weighted by atomic mass is 10.3. The molecule has 1 N–H and O–H groups in total. The van der Waals surface area contributed by atoms with E-state index in [1.807, 2.05) is 7.05 Å². The largest absolute Gasteiger partial charge is 0.449 e. The third kappa shape index (κ3) is 3.42. The van der Waals surface area contributed by atoms with E-state index in [1.165, 1.54) is 0 Å². The Morgan fingerprint density at radius 1 is 1.77 bits per heavy atom. The number of carbonyl (C=O) groups excluding carboxylic acids is 1. The molecule has 0 bridgehead atoms. The number of likely N-dealkylation sites (tertiary alicyclic amines) is 1. The highest BCUT2D eigenvalue weighted by molar-refractivity contribution is 5.89. The topological polar surface area (TPSA) is 53.9 Å². The van der Waals surface area contributed by atoms with Crippen LogP contribution in [0.5, 0.6) is 0 Å². The lowest BCUT2D eigenvalue weighted by molar-refractivity contribution is 0.152. The van der Waals surface area contributed by atoms with Crippen molar-refractivity contribution in [1.82, 2.24) is 10.3 Å². The quantitative estimate of drug-likeness (QED) is 0.634. The highest BCUT2D eigenvalue weighted by Gasteiger charge is 2.13. The van der Waals surface area contributed by atoms with Crippen LogP contribution in [-0.4, -0.2) is 43.4 Å². The van der Waals surface area contributed by atoms with Crippen LogP contribution in [0.25, 0.3) is 0 Å². The summed E-state index contributed by atoms with van der Waals surface area (Å²) in [6, 6.07) is 0. The number of hydrogen-bond donors (Lipinski definition) is 1. The van der Waals surface area contributed by atoms with Crippen molar-refractivity contribution in [2.75, 3.05) is 26.7 Å². The second-order valence-electron chi connectivity index (χ2n) is 3.00. The van der Waals surface area contributed by atoms with Crippen molar-refractivity contribution in [1.29, 1.82) is 0 Å². The molecule has 0 radical (unpaired) electrons. The third-order valence-corrected chi connectivity index (χ3v) is 1.82. The molecule has 0 aromatic heterocycles. The van der Waals surface area contributed by atoms with Gasteiger partial charge in [-0.2, -0.15) is 5.10 Å². The predicted molar refractivity (Wildman–Crippen MR) is 49.7 cm³/mol. The number of nitrogens with one attached hydrogen (secondary N) is 1.